The summed E-state index contributed by atoms with van der Waals surface area (Å²) in [7, 11) is 1.56. The molecule has 266 valence electrons. The molecule has 2 aliphatic carbocycles. The summed E-state index contributed by atoms with van der Waals surface area (Å²) < 4.78 is 7.50. The van der Waals surface area contributed by atoms with Crippen molar-refractivity contribution in [2.75, 3.05) is 43.5 Å². The molecule has 0 aromatic heterocycles. The van der Waals surface area contributed by atoms with Crippen molar-refractivity contribution in [2.24, 2.45) is 0 Å². The van der Waals surface area contributed by atoms with Crippen molar-refractivity contribution in [3.63, 3.8) is 0 Å². The number of benzene rings is 3. The minimum absolute atomic E-state index is 0.00533. The molecule has 7 rings (SSSR count). The second kappa shape index (κ2) is 14.5. The van der Waals surface area contributed by atoms with Crippen LogP contribution in [0.5, 0.6) is 5.75 Å². The van der Waals surface area contributed by atoms with Crippen molar-refractivity contribution in [1.82, 2.24) is 5.32 Å². The zero-order chi connectivity index (χ0) is 36.5. The maximum absolute atomic E-state index is 14.3. The number of allylic oxidation sites excluding steroid dienone is 5. The van der Waals surface area contributed by atoms with Gasteiger partial charge in [0.05, 0.1) is 25.1 Å². The zero-order valence-corrected chi connectivity index (χ0v) is 29.7. The molecule has 0 radical (unpaired) electrons. The topological polar surface area (TPSA) is 134 Å². The van der Waals surface area contributed by atoms with Gasteiger partial charge in [0.2, 0.25) is 5.71 Å². The van der Waals surface area contributed by atoms with Crippen molar-refractivity contribution >= 4 is 40.3 Å². The van der Waals surface area contributed by atoms with Crippen molar-refractivity contribution < 1.29 is 33.9 Å². The number of aryl methyl sites for hydroxylation is 1. The van der Waals surface area contributed by atoms with Gasteiger partial charge in [-0.05, 0) is 92.4 Å². The fraction of sp³-hybridized carbons (Fsp3) is 0.286. The maximum atomic E-state index is 14.3. The highest BCUT2D eigenvalue weighted by molar-refractivity contribution is 6.40. The van der Waals surface area contributed by atoms with E-state index in [1.54, 1.807) is 55.6 Å². The van der Waals surface area contributed by atoms with E-state index in [4.69, 9.17) is 4.74 Å². The van der Waals surface area contributed by atoms with Gasteiger partial charge >= 0.3 is 0 Å². The number of Topliss-reactive ketones (excluding diaryl/α,β-unsaturated/α-hetero) is 1. The Morgan fingerprint density at radius 1 is 0.865 bits per heavy atom. The highest BCUT2D eigenvalue weighted by atomic mass is 16.5. The summed E-state index contributed by atoms with van der Waals surface area (Å²) in [6.07, 6.45) is 7.92. The van der Waals surface area contributed by atoms with Crippen molar-refractivity contribution in [2.45, 2.75) is 46.1 Å². The Bertz CT molecular complexity index is 2120. The Kier molecular flexibility index (Phi) is 9.66. The molecule has 2 amide bonds. The van der Waals surface area contributed by atoms with Gasteiger partial charge in [-0.2, -0.15) is 0 Å². The lowest BCUT2D eigenvalue weighted by Crippen LogP contribution is -2.35. The summed E-state index contributed by atoms with van der Waals surface area (Å²) in [5, 5.41) is 29.7. The fourth-order valence-corrected chi connectivity index (χ4v) is 7.39. The first-order valence-corrected chi connectivity index (χ1v) is 17.8. The average Bonchev–Trinajstić information content (AvgIpc) is 3.90. The van der Waals surface area contributed by atoms with Crippen LogP contribution in [0, 0.1) is 6.92 Å². The van der Waals surface area contributed by atoms with E-state index in [2.05, 4.69) is 20.1 Å². The van der Waals surface area contributed by atoms with Gasteiger partial charge < -0.3 is 30.5 Å². The monoisotopic (exact) mass is 698 g/mol. The highest BCUT2D eigenvalue weighted by Gasteiger charge is 2.36. The van der Waals surface area contributed by atoms with Crippen LogP contribution in [0.1, 0.15) is 70.0 Å². The molecule has 0 bridgehead atoms. The molecule has 3 N–H and O–H groups in total. The van der Waals surface area contributed by atoms with Gasteiger partial charge in [-0.25, -0.2) is 4.58 Å². The minimum Gasteiger partial charge on any atom is -0.871 e. The standard InChI is InChI=1S/C42H42N4O6/c1-25-20-31(33(22-35(25)45-16-4-5-17-45)43-41(50)28-10-8-27(24-47)9-11-28)37-39(48)38(40(37)49)32-21-26(2)36(46-18-6-7-19-46)23-34(32)44-42(51)29-12-14-30(52-3)15-13-29/h8-15,20-23,47H,4-7,16-19,24H2,1-3H3,(H2,43,44,48,49,50,51). The number of methoxy groups -OCH3 is 1. The van der Waals surface area contributed by atoms with Crippen LogP contribution in [0.3, 0.4) is 0 Å². The summed E-state index contributed by atoms with van der Waals surface area (Å²) in [4.78, 5) is 43.6. The van der Waals surface area contributed by atoms with E-state index >= 15 is 0 Å². The normalized spacial score (nSPS) is 18.7. The van der Waals surface area contributed by atoms with Crippen molar-refractivity contribution in [3.8, 4) is 5.75 Å². The predicted octanol–water partition coefficient (Wildman–Crippen LogP) is 4.82. The van der Waals surface area contributed by atoms with E-state index in [0.717, 1.165) is 74.4 Å². The molecule has 0 unspecified atom stereocenters. The number of hydrogen-bond donors (Lipinski definition) is 3. The number of aliphatic hydroxyl groups excluding tert-OH is 1. The number of carbonyl (C=O) groups excluding carboxylic acids is 3. The van der Waals surface area contributed by atoms with E-state index in [9.17, 15) is 24.6 Å². The largest absolute Gasteiger partial charge is 0.871 e. The first kappa shape index (κ1) is 34.7. The quantitative estimate of drug-likeness (QED) is 0.227. The van der Waals surface area contributed by atoms with Crippen LogP contribution in [-0.2, 0) is 11.4 Å². The molecule has 3 aromatic carbocycles. The van der Waals surface area contributed by atoms with E-state index < -0.39 is 17.4 Å². The number of nitrogens with zero attached hydrogens (tertiary/aromatic N) is 2. The summed E-state index contributed by atoms with van der Waals surface area (Å²) in [6, 6.07) is 17.0. The lowest BCUT2D eigenvalue weighted by Gasteiger charge is -2.35. The molecule has 4 aliphatic rings. The summed E-state index contributed by atoms with van der Waals surface area (Å²) in [5.41, 5.74) is 6.57. The van der Waals surface area contributed by atoms with E-state index in [-0.39, 0.29) is 23.7 Å². The van der Waals surface area contributed by atoms with Gasteiger partial charge in [0.1, 0.15) is 18.8 Å². The van der Waals surface area contributed by atoms with Crippen molar-refractivity contribution in [3.05, 3.63) is 129 Å². The molecule has 10 heteroatoms. The summed E-state index contributed by atoms with van der Waals surface area (Å²) in [6.45, 7) is 7.27. The molecule has 0 saturated carbocycles. The fourth-order valence-electron chi connectivity index (χ4n) is 7.39. The van der Waals surface area contributed by atoms with Crippen molar-refractivity contribution in [1.29, 1.82) is 0 Å². The first-order valence-electron chi connectivity index (χ1n) is 17.8. The zero-order valence-electron chi connectivity index (χ0n) is 29.7. The Hall–Kier alpha value is -5.74. The third-order valence-corrected chi connectivity index (χ3v) is 10.3. The molecule has 0 atom stereocenters. The number of ether oxygens (including phenoxy) is 1. The Labute approximate surface area is 303 Å². The number of carbonyl (C=O) groups is 3. The lowest BCUT2D eigenvalue weighted by molar-refractivity contribution is -0.504. The third-order valence-electron chi connectivity index (χ3n) is 10.3. The summed E-state index contributed by atoms with van der Waals surface area (Å²) >= 11 is 0. The van der Waals surface area contributed by atoms with E-state index in [0.29, 0.717) is 45.0 Å². The van der Waals surface area contributed by atoms with Gasteiger partial charge in [-0.15, -0.1) is 0 Å². The molecule has 0 spiro atoms. The molecule has 2 saturated heterocycles. The number of ketones is 1. The highest BCUT2D eigenvalue weighted by Crippen LogP contribution is 2.44. The maximum Gasteiger partial charge on any atom is 0.255 e. The Balaban J connectivity index is 1.30. The third kappa shape index (κ3) is 6.57. The average molecular weight is 699 g/mol. The van der Waals surface area contributed by atoms with Crippen LogP contribution in [0.25, 0.3) is 5.57 Å². The predicted molar refractivity (Wildman–Crippen MR) is 198 cm³/mol. The Morgan fingerprint density at radius 3 is 2.12 bits per heavy atom. The van der Waals surface area contributed by atoms with Gasteiger partial charge in [0.15, 0.2) is 5.78 Å². The van der Waals surface area contributed by atoms with Crippen LogP contribution >= 0.6 is 0 Å². The molecular weight excluding hydrogens is 656 g/mol. The van der Waals surface area contributed by atoms with Crippen LogP contribution in [0.4, 0.5) is 11.4 Å². The first-order chi connectivity index (χ1) is 25.2. The van der Waals surface area contributed by atoms with Gasteiger partial charge in [-0.1, -0.05) is 17.9 Å². The van der Waals surface area contributed by atoms with Crippen LogP contribution in [0.2, 0.25) is 0 Å². The Morgan fingerprint density at radius 2 is 1.50 bits per heavy atom. The molecule has 3 aromatic rings. The van der Waals surface area contributed by atoms with E-state index in [1.165, 1.54) is 0 Å². The molecule has 2 heterocycles. The minimum atomic E-state index is -0.450. The number of nitrogens with one attached hydrogen (secondary N) is 2. The number of rotatable bonds is 8. The smallest absolute Gasteiger partial charge is 0.255 e. The molecule has 10 nitrogen and oxygen atoms in total. The van der Waals surface area contributed by atoms with Gasteiger partial charge in [0.25, 0.3) is 11.8 Å². The number of anilines is 2. The van der Waals surface area contributed by atoms with Gasteiger partial charge in [-0.3, -0.25) is 14.4 Å². The van der Waals surface area contributed by atoms with Gasteiger partial charge in [0, 0.05) is 76.7 Å². The van der Waals surface area contributed by atoms with Crippen LogP contribution in [-0.4, -0.2) is 66.3 Å². The lowest BCUT2D eigenvalue weighted by atomic mass is 9.77. The number of aliphatic hydroxyl groups is 1. The van der Waals surface area contributed by atoms with Crippen LogP contribution < -0.4 is 25.4 Å². The molecule has 2 aliphatic heterocycles. The van der Waals surface area contributed by atoms with Crippen LogP contribution in [0.15, 0.2) is 101 Å². The second-order valence-corrected chi connectivity index (χ2v) is 13.7. The molecule has 52 heavy (non-hydrogen) atoms. The SMILES string of the molecule is COc1ccc(C(=O)NC2=CC(=[N+]3CCCC3)C(C)=C/C2=C2/C(=O)C(c3cc(C)c(N4CCCC4)cc3NC(=O)c3ccc(CO)cc3)=C2[O-])cc1. The molecule has 2 fully saturated rings. The number of amides is 2. The second-order valence-electron chi connectivity index (χ2n) is 13.7. The molecular formula is C42H42N4O6. The van der Waals surface area contributed by atoms with E-state index in [1.807, 2.05) is 38.1 Å². The summed E-state index contributed by atoms with van der Waals surface area (Å²) in [5.74, 6) is -1.06. The number of hydrogen-bond acceptors (Lipinski definition) is 7.